The minimum atomic E-state index is -0.183. The molecule has 0 radical (unpaired) electrons. The predicted octanol–water partition coefficient (Wildman–Crippen LogP) is 3.26. The Bertz CT molecular complexity index is 605. The van der Waals surface area contributed by atoms with Crippen molar-refractivity contribution in [3.63, 3.8) is 0 Å². The molecule has 0 aromatic carbocycles. The molecule has 0 saturated carbocycles. The number of rotatable bonds is 5. The fourth-order valence-corrected chi connectivity index (χ4v) is 3.18. The van der Waals surface area contributed by atoms with Crippen molar-refractivity contribution in [3.8, 4) is 0 Å². The van der Waals surface area contributed by atoms with Gasteiger partial charge in [-0.05, 0) is 31.2 Å². The molecule has 1 aliphatic heterocycles. The molecular formula is C15H19N3O3S. The van der Waals surface area contributed by atoms with Crippen molar-refractivity contribution in [3.05, 3.63) is 34.2 Å². The number of carbonyl (C=O) groups excluding carboxylic acids is 1. The molecule has 0 spiro atoms. The number of ether oxygens (including phenoxy) is 1. The Morgan fingerprint density at radius 1 is 1.59 bits per heavy atom. The number of hydrogen-bond acceptors (Lipinski definition) is 5. The lowest BCUT2D eigenvalue weighted by atomic mass is 10.2. The molecule has 2 aromatic rings. The Balaban J connectivity index is 1.66. The highest BCUT2D eigenvalue weighted by molar-refractivity contribution is 7.09. The zero-order valence-corrected chi connectivity index (χ0v) is 13.3. The largest absolute Gasteiger partial charge is 0.376 e. The molecule has 118 valence electrons. The third-order valence-electron chi connectivity index (χ3n) is 3.52. The summed E-state index contributed by atoms with van der Waals surface area (Å²) in [5.41, 5.74) is 0. The second kappa shape index (κ2) is 6.93. The Kier molecular flexibility index (Phi) is 4.74. The van der Waals surface area contributed by atoms with E-state index in [2.05, 4.69) is 10.5 Å². The quantitative estimate of drug-likeness (QED) is 0.918. The molecule has 1 N–H and O–H groups in total. The van der Waals surface area contributed by atoms with Gasteiger partial charge in [-0.1, -0.05) is 11.2 Å². The Morgan fingerprint density at radius 3 is 3.14 bits per heavy atom. The number of aromatic nitrogens is 1. The smallest absolute Gasteiger partial charge is 0.323 e. The number of amides is 2. The zero-order valence-electron chi connectivity index (χ0n) is 12.4. The number of aryl methyl sites for hydroxylation is 1. The molecule has 3 heterocycles. The van der Waals surface area contributed by atoms with Gasteiger partial charge in [-0.2, -0.15) is 0 Å². The molecule has 2 aromatic heterocycles. The van der Waals surface area contributed by atoms with Crippen LogP contribution in [0, 0.1) is 6.92 Å². The van der Waals surface area contributed by atoms with E-state index in [1.54, 1.807) is 29.2 Å². The van der Waals surface area contributed by atoms with Crippen molar-refractivity contribution in [2.45, 2.75) is 32.4 Å². The third kappa shape index (κ3) is 3.86. The molecule has 7 heteroatoms. The molecule has 22 heavy (non-hydrogen) atoms. The van der Waals surface area contributed by atoms with Gasteiger partial charge in [0.05, 0.1) is 12.6 Å². The molecule has 6 nitrogen and oxygen atoms in total. The van der Waals surface area contributed by atoms with Crippen molar-refractivity contribution < 1.29 is 14.1 Å². The molecular weight excluding hydrogens is 302 g/mol. The summed E-state index contributed by atoms with van der Waals surface area (Å²) >= 11 is 1.64. The summed E-state index contributed by atoms with van der Waals surface area (Å²) in [4.78, 5) is 15.4. The maximum Gasteiger partial charge on any atom is 0.323 e. The van der Waals surface area contributed by atoms with E-state index in [0.29, 0.717) is 24.7 Å². The van der Waals surface area contributed by atoms with Gasteiger partial charge < -0.3 is 14.2 Å². The number of urea groups is 1. The first-order valence-electron chi connectivity index (χ1n) is 7.34. The normalized spacial score (nSPS) is 17.6. The summed E-state index contributed by atoms with van der Waals surface area (Å²) in [7, 11) is 0. The molecule has 3 rings (SSSR count). The Morgan fingerprint density at radius 2 is 2.50 bits per heavy atom. The van der Waals surface area contributed by atoms with Gasteiger partial charge in [0.15, 0.2) is 5.82 Å². The molecule has 2 amide bonds. The summed E-state index contributed by atoms with van der Waals surface area (Å²) in [6.45, 7) is 3.72. The standard InChI is InChI=1S/C15H19N3O3S/c1-11-8-14(17-21-11)16-15(19)18(9-12-4-2-6-20-12)10-13-5-3-7-22-13/h3,5,7-8,12H,2,4,6,9-10H2,1H3,(H,16,17,19). The fourth-order valence-electron chi connectivity index (χ4n) is 2.46. The minimum absolute atomic E-state index is 0.116. The van der Waals surface area contributed by atoms with Crippen LogP contribution < -0.4 is 5.32 Å². The van der Waals surface area contributed by atoms with Gasteiger partial charge >= 0.3 is 6.03 Å². The van der Waals surface area contributed by atoms with Crippen LogP contribution in [0.3, 0.4) is 0 Å². The second-order valence-electron chi connectivity index (χ2n) is 5.35. The van der Waals surface area contributed by atoms with Crippen molar-refractivity contribution in [1.82, 2.24) is 10.1 Å². The summed E-state index contributed by atoms with van der Waals surface area (Å²) in [5, 5.41) is 8.60. The van der Waals surface area contributed by atoms with Gasteiger partial charge in [-0.15, -0.1) is 11.3 Å². The van der Waals surface area contributed by atoms with Crippen LogP contribution in [0.1, 0.15) is 23.5 Å². The average molecular weight is 321 g/mol. The van der Waals surface area contributed by atoms with Crippen LogP contribution in [0.4, 0.5) is 10.6 Å². The maximum absolute atomic E-state index is 12.5. The van der Waals surface area contributed by atoms with Gasteiger partial charge in [-0.3, -0.25) is 5.32 Å². The van der Waals surface area contributed by atoms with E-state index >= 15 is 0 Å². The van der Waals surface area contributed by atoms with Gasteiger partial charge in [0, 0.05) is 24.1 Å². The van der Waals surface area contributed by atoms with Crippen molar-refractivity contribution in [2.24, 2.45) is 0 Å². The molecule has 1 unspecified atom stereocenters. The molecule has 1 aliphatic rings. The van der Waals surface area contributed by atoms with Crippen LogP contribution in [0.25, 0.3) is 0 Å². The first-order valence-corrected chi connectivity index (χ1v) is 8.22. The van der Waals surface area contributed by atoms with E-state index in [1.807, 2.05) is 17.5 Å². The van der Waals surface area contributed by atoms with Gasteiger partial charge in [0.1, 0.15) is 5.76 Å². The van der Waals surface area contributed by atoms with Crippen LogP contribution >= 0.6 is 11.3 Å². The number of anilines is 1. The lowest BCUT2D eigenvalue weighted by Gasteiger charge is -2.24. The van der Waals surface area contributed by atoms with Crippen LogP contribution in [-0.2, 0) is 11.3 Å². The summed E-state index contributed by atoms with van der Waals surface area (Å²) in [5.74, 6) is 1.10. The first kappa shape index (κ1) is 15.1. The second-order valence-corrected chi connectivity index (χ2v) is 6.38. The van der Waals surface area contributed by atoms with Crippen molar-refractivity contribution in [1.29, 1.82) is 0 Å². The molecule has 1 atom stereocenters. The van der Waals surface area contributed by atoms with Gasteiger partial charge in [-0.25, -0.2) is 4.79 Å². The van der Waals surface area contributed by atoms with Crippen molar-refractivity contribution >= 4 is 23.2 Å². The van der Waals surface area contributed by atoms with E-state index in [9.17, 15) is 4.79 Å². The number of carbonyl (C=O) groups is 1. The SMILES string of the molecule is Cc1cc(NC(=O)N(Cc2cccs2)CC2CCCO2)no1. The topological polar surface area (TPSA) is 67.6 Å². The fraction of sp³-hybridized carbons (Fsp3) is 0.467. The number of thiophene rings is 1. The minimum Gasteiger partial charge on any atom is -0.376 e. The average Bonchev–Trinajstić information content (AvgIpc) is 3.21. The van der Waals surface area contributed by atoms with E-state index < -0.39 is 0 Å². The van der Waals surface area contributed by atoms with Crippen LogP contribution in [0.2, 0.25) is 0 Å². The van der Waals surface area contributed by atoms with Crippen LogP contribution in [-0.4, -0.2) is 35.3 Å². The number of nitrogens with zero attached hydrogens (tertiary/aromatic N) is 2. The van der Waals surface area contributed by atoms with E-state index in [1.165, 1.54) is 0 Å². The lowest BCUT2D eigenvalue weighted by molar-refractivity contribution is 0.0821. The lowest BCUT2D eigenvalue weighted by Crippen LogP contribution is -2.39. The van der Waals surface area contributed by atoms with E-state index in [-0.39, 0.29) is 12.1 Å². The molecule has 1 saturated heterocycles. The molecule has 1 fully saturated rings. The number of hydrogen-bond donors (Lipinski definition) is 1. The highest BCUT2D eigenvalue weighted by Crippen LogP contribution is 2.18. The summed E-state index contributed by atoms with van der Waals surface area (Å²) in [6.07, 6.45) is 2.17. The highest BCUT2D eigenvalue weighted by atomic mass is 32.1. The van der Waals surface area contributed by atoms with Crippen LogP contribution in [0.5, 0.6) is 0 Å². The highest BCUT2D eigenvalue weighted by Gasteiger charge is 2.23. The Labute approximate surface area is 133 Å². The molecule has 0 aliphatic carbocycles. The van der Waals surface area contributed by atoms with Crippen LogP contribution in [0.15, 0.2) is 28.1 Å². The summed E-state index contributed by atoms with van der Waals surface area (Å²) in [6, 6.07) is 5.54. The van der Waals surface area contributed by atoms with E-state index in [4.69, 9.17) is 9.26 Å². The van der Waals surface area contributed by atoms with Crippen molar-refractivity contribution in [2.75, 3.05) is 18.5 Å². The predicted molar refractivity (Wildman–Crippen MR) is 84.0 cm³/mol. The molecule has 0 bridgehead atoms. The monoisotopic (exact) mass is 321 g/mol. The van der Waals surface area contributed by atoms with Gasteiger partial charge in [0.25, 0.3) is 0 Å². The van der Waals surface area contributed by atoms with Gasteiger partial charge in [0.2, 0.25) is 0 Å². The maximum atomic E-state index is 12.5. The van der Waals surface area contributed by atoms with E-state index in [0.717, 1.165) is 24.3 Å². The Hall–Kier alpha value is -1.86. The summed E-state index contributed by atoms with van der Waals surface area (Å²) < 4.78 is 10.6. The first-order chi connectivity index (χ1) is 10.7. The number of nitrogens with one attached hydrogen (secondary N) is 1. The zero-order chi connectivity index (χ0) is 15.4. The third-order valence-corrected chi connectivity index (χ3v) is 4.39.